The standard InChI is InChI=1S/C13H13BrN4O5S2/c14-9-3-1-4-10(7-9)17(25(22)23)6-2-5-11(19)16-13-15-8-12(24-13)18(20)21/h1,3-4,7-8,25H,2,5-6H2,(H,15,16,19). The van der Waals surface area contributed by atoms with Gasteiger partial charge in [-0.15, -0.1) is 0 Å². The summed E-state index contributed by atoms with van der Waals surface area (Å²) in [6.07, 6.45) is 1.41. The van der Waals surface area contributed by atoms with Gasteiger partial charge in [0.2, 0.25) is 16.8 Å². The number of nitro groups is 1. The van der Waals surface area contributed by atoms with Gasteiger partial charge in [-0.3, -0.25) is 19.2 Å². The molecule has 0 radical (unpaired) electrons. The fraction of sp³-hybridized carbons (Fsp3) is 0.231. The molecule has 0 bridgehead atoms. The van der Waals surface area contributed by atoms with E-state index in [1.165, 1.54) is 4.31 Å². The van der Waals surface area contributed by atoms with Crippen LogP contribution < -0.4 is 9.62 Å². The maximum Gasteiger partial charge on any atom is 0.345 e. The van der Waals surface area contributed by atoms with Crippen LogP contribution in [0.4, 0.5) is 15.8 Å². The van der Waals surface area contributed by atoms with Crippen LogP contribution in [-0.4, -0.2) is 30.8 Å². The van der Waals surface area contributed by atoms with Gasteiger partial charge in [0.15, 0.2) is 5.13 Å². The summed E-state index contributed by atoms with van der Waals surface area (Å²) >= 11 is 4.04. The predicted octanol–water partition coefficient (Wildman–Crippen LogP) is 2.57. The third kappa shape index (κ3) is 5.76. The van der Waals surface area contributed by atoms with Crippen molar-refractivity contribution in [1.82, 2.24) is 4.98 Å². The van der Waals surface area contributed by atoms with Crippen LogP contribution >= 0.6 is 27.3 Å². The van der Waals surface area contributed by atoms with Crippen molar-refractivity contribution in [3.63, 3.8) is 0 Å². The molecule has 1 N–H and O–H groups in total. The van der Waals surface area contributed by atoms with Crippen LogP contribution in [0.2, 0.25) is 0 Å². The van der Waals surface area contributed by atoms with Gasteiger partial charge >= 0.3 is 5.00 Å². The minimum Gasteiger partial charge on any atom is -0.302 e. The third-order valence-corrected chi connectivity index (χ3v) is 5.18. The number of nitrogens with zero attached hydrogens (tertiary/aromatic N) is 3. The fourth-order valence-corrected chi connectivity index (χ4v) is 3.57. The van der Waals surface area contributed by atoms with Gasteiger partial charge in [-0.05, 0) is 36.0 Å². The van der Waals surface area contributed by atoms with E-state index < -0.39 is 15.8 Å². The highest BCUT2D eigenvalue weighted by Crippen LogP contribution is 2.25. The Balaban J connectivity index is 1.88. The quantitative estimate of drug-likeness (QED) is 0.363. The number of benzene rings is 1. The van der Waals surface area contributed by atoms with Crippen LogP contribution in [0, 0.1) is 10.1 Å². The summed E-state index contributed by atoms with van der Waals surface area (Å²) in [4.78, 5) is 25.6. The molecule has 2 aromatic rings. The first-order chi connectivity index (χ1) is 11.9. The van der Waals surface area contributed by atoms with Gasteiger partial charge in [-0.1, -0.05) is 22.0 Å². The van der Waals surface area contributed by atoms with Crippen LogP contribution in [0.3, 0.4) is 0 Å². The highest BCUT2D eigenvalue weighted by molar-refractivity contribution is 9.10. The number of rotatable bonds is 8. The van der Waals surface area contributed by atoms with Crippen molar-refractivity contribution in [3.05, 3.63) is 45.0 Å². The molecule has 0 saturated carbocycles. The number of hydrogen-bond acceptors (Lipinski definition) is 7. The molecule has 12 heteroatoms. The number of carbonyl (C=O) groups is 1. The molecule has 1 amide bonds. The summed E-state index contributed by atoms with van der Waals surface area (Å²) in [5, 5.41) is 13.0. The second kappa shape index (κ2) is 8.87. The summed E-state index contributed by atoms with van der Waals surface area (Å²) in [6.45, 7) is 0.139. The van der Waals surface area contributed by atoms with E-state index in [1.54, 1.807) is 24.3 Å². The van der Waals surface area contributed by atoms with Crippen molar-refractivity contribution in [2.24, 2.45) is 0 Å². The van der Waals surface area contributed by atoms with Crippen molar-refractivity contribution in [1.29, 1.82) is 0 Å². The number of aromatic nitrogens is 1. The third-order valence-electron chi connectivity index (χ3n) is 3.00. The topological polar surface area (TPSA) is 123 Å². The van der Waals surface area contributed by atoms with Gasteiger partial charge in [0.1, 0.15) is 6.20 Å². The zero-order chi connectivity index (χ0) is 18.4. The van der Waals surface area contributed by atoms with Gasteiger partial charge < -0.3 is 5.32 Å². The highest BCUT2D eigenvalue weighted by atomic mass is 79.9. The maximum absolute atomic E-state index is 11.8. The second-order valence-corrected chi connectivity index (χ2v) is 7.64. The van der Waals surface area contributed by atoms with Crippen molar-refractivity contribution in [2.75, 3.05) is 16.2 Å². The zero-order valence-electron chi connectivity index (χ0n) is 12.6. The van der Waals surface area contributed by atoms with Gasteiger partial charge in [-0.25, -0.2) is 13.4 Å². The van der Waals surface area contributed by atoms with E-state index in [0.717, 1.165) is 22.0 Å². The SMILES string of the molecule is O=C(CCCN(c1cccc(Br)c1)[SH](=O)=O)Nc1ncc([N+](=O)[O-])s1. The van der Waals surface area contributed by atoms with Crippen LogP contribution in [0.5, 0.6) is 0 Å². The number of anilines is 2. The van der Waals surface area contributed by atoms with E-state index in [9.17, 15) is 23.3 Å². The molecule has 2 rings (SSSR count). The lowest BCUT2D eigenvalue weighted by molar-refractivity contribution is -0.380. The maximum atomic E-state index is 11.8. The number of halogens is 1. The Morgan fingerprint density at radius 2 is 2.20 bits per heavy atom. The van der Waals surface area contributed by atoms with Crippen molar-refractivity contribution in [3.8, 4) is 0 Å². The smallest absolute Gasteiger partial charge is 0.302 e. The van der Waals surface area contributed by atoms with Crippen LogP contribution in [0.1, 0.15) is 12.8 Å². The molecule has 0 aliphatic carbocycles. The Morgan fingerprint density at radius 1 is 1.44 bits per heavy atom. The lowest BCUT2D eigenvalue weighted by Crippen LogP contribution is -2.23. The van der Waals surface area contributed by atoms with Gasteiger partial charge in [0.25, 0.3) is 0 Å². The molecular weight excluding hydrogens is 436 g/mol. The van der Waals surface area contributed by atoms with Crippen LogP contribution in [0.15, 0.2) is 34.9 Å². The molecule has 9 nitrogen and oxygen atoms in total. The molecular formula is C13H13BrN4O5S2. The van der Waals surface area contributed by atoms with E-state index in [-0.39, 0.29) is 35.4 Å². The van der Waals surface area contributed by atoms with Crippen molar-refractivity contribution < 1.29 is 18.1 Å². The van der Waals surface area contributed by atoms with Crippen LogP contribution in [-0.2, 0) is 15.7 Å². The van der Waals surface area contributed by atoms with E-state index in [0.29, 0.717) is 5.69 Å². The molecule has 0 atom stereocenters. The molecule has 0 fully saturated rings. The normalized spacial score (nSPS) is 10.6. The average molecular weight is 449 g/mol. The zero-order valence-corrected chi connectivity index (χ0v) is 15.9. The van der Waals surface area contributed by atoms with E-state index in [4.69, 9.17) is 0 Å². The van der Waals surface area contributed by atoms with Gasteiger partial charge in [0, 0.05) is 17.4 Å². The highest BCUT2D eigenvalue weighted by Gasteiger charge is 2.14. The Labute approximate surface area is 157 Å². The summed E-state index contributed by atoms with van der Waals surface area (Å²) < 4.78 is 24.8. The Bertz CT molecular complexity index is 846. The number of thiol groups is 1. The molecule has 0 spiro atoms. The molecule has 0 unspecified atom stereocenters. The fourth-order valence-electron chi connectivity index (χ4n) is 1.92. The largest absolute Gasteiger partial charge is 0.345 e. The molecule has 0 saturated heterocycles. The Hall–Kier alpha value is -2.05. The monoisotopic (exact) mass is 448 g/mol. The Kier molecular flexibility index (Phi) is 6.84. The summed E-state index contributed by atoms with van der Waals surface area (Å²) in [6, 6.07) is 6.82. The second-order valence-electron chi connectivity index (χ2n) is 4.75. The summed E-state index contributed by atoms with van der Waals surface area (Å²) in [5.41, 5.74) is 0.501. The van der Waals surface area contributed by atoms with Crippen molar-refractivity contribution >= 4 is 59.9 Å². The number of carbonyl (C=O) groups excluding carboxylic acids is 1. The number of hydrogen-bond donors (Lipinski definition) is 2. The number of nitrogens with one attached hydrogen (secondary N) is 1. The summed E-state index contributed by atoms with van der Waals surface area (Å²) in [5.74, 6) is -0.389. The molecule has 0 aliphatic heterocycles. The molecule has 25 heavy (non-hydrogen) atoms. The molecule has 1 aromatic carbocycles. The lowest BCUT2D eigenvalue weighted by atomic mass is 10.2. The number of amides is 1. The molecule has 1 heterocycles. The van der Waals surface area contributed by atoms with E-state index in [1.807, 2.05) is 0 Å². The lowest BCUT2D eigenvalue weighted by Gasteiger charge is -2.17. The first-order valence-corrected chi connectivity index (χ1v) is 9.68. The average Bonchev–Trinajstić information content (AvgIpc) is 3.00. The first-order valence-electron chi connectivity index (χ1n) is 6.94. The first kappa shape index (κ1) is 19.3. The van der Waals surface area contributed by atoms with Crippen LogP contribution in [0.25, 0.3) is 0 Å². The minimum absolute atomic E-state index is 0.0566. The predicted molar refractivity (Wildman–Crippen MR) is 98.4 cm³/mol. The van der Waals surface area contributed by atoms with E-state index >= 15 is 0 Å². The van der Waals surface area contributed by atoms with Gasteiger partial charge in [0.05, 0.1) is 10.6 Å². The molecule has 1 aromatic heterocycles. The van der Waals surface area contributed by atoms with Gasteiger partial charge in [-0.2, -0.15) is 0 Å². The Morgan fingerprint density at radius 3 is 2.80 bits per heavy atom. The van der Waals surface area contributed by atoms with E-state index in [2.05, 4.69) is 26.2 Å². The van der Waals surface area contributed by atoms with Crippen molar-refractivity contribution in [2.45, 2.75) is 12.8 Å². The number of thiazole rings is 1. The minimum atomic E-state index is -2.84. The molecule has 134 valence electrons. The summed E-state index contributed by atoms with van der Waals surface area (Å²) in [7, 11) is -2.84. The molecule has 0 aliphatic rings.